The van der Waals surface area contributed by atoms with Gasteiger partial charge in [0.2, 0.25) is 0 Å². The number of fused-ring (bicyclic) bond motifs is 1. The van der Waals surface area contributed by atoms with Crippen LogP contribution in [-0.4, -0.2) is 43.2 Å². The van der Waals surface area contributed by atoms with Crippen molar-refractivity contribution in [3.63, 3.8) is 0 Å². The van der Waals surface area contributed by atoms with Crippen molar-refractivity contribution in [3.05, 3.63) is 35.7 Å². The molecular weight excluding hydrogens is 266 g/mol. The van der Waals surface area contributed by atoms with Gasteiger partial charge in [-0.1, -0.05) is 0 Å². The number of aromatic nitrogens is 4. The quantitative estimate of drug-likeness (QED) is 0.833. The highest BCUT2D eigenvalue weighted by molar-refractivity contribution is 5.92. The van der Waals surface area contributed by atoms with Crippen LogP contribution in [0, 0.1) is 0 Å². The summed E-state index contributed by atoms with van der Waals surface area (Å²) in [6.07, 6.45) is 5.14. The lowest BCUT2D eigenvalue weighted by atomic mass is 10.3. The largest absolute Gasteiger partial charge is 0.347 e. The molecule has 1 amide bonds. The Balaban J connectivity index is 1.50. The SMILES string of the molecule is Cn1cccc1C(=O)N1CCc2nc(C3CC3)nn2CC1. The highest BCUT2D eigenvalue weighted by atomic mass is 16.2. The number of carbonyl (C=O) groups is 1. The summed E-state index contributed by atoms with van der Waals surface area (Å²) < 4.78 is 3.86. The van der Waals surface area contributed by atoms with Crippen molar-refractivity contribution in [2.24, 2.45) is 7.05 Å². The summed E-state index contributed by atoms with van der Waals surface area (Å²) in [6.45, 7) is 2.16. The molecule has 2 aliphatic rings. The Labute approximate surface area is 123 Å². The van der Waals surface area contributed by atoms with Gasteiger partial charge in [-0.3, -0.25) is 4.79 Å². The van der Waals surface area contributed by atoms with Crippen LogP contribution in [0.25, 0.3) is 0 Å². The number of rotatable bonds is 2. The fourth-order valence-corrected chi connectivity index (χ4v) is 2.88. The summed E-state index contributed by atoms with van der Waals surface area (Å²) >= 11 is 0. The standard InChI is InChI=1S/C15H19N5O/c1-18-7-2-3-12(18)15(21)19-8-6-13-16-14(11-4-5-11)17-20(13)10-9-19/h2-3,7,11H,4-6,8-10H2,1H3. The molecule has 0 spiro atoms. The lowest BCUT2D eigenvalue weighted by Gasteiger charge is -2.20. The molecule has 21 heavy (non-hydrogen) atoms. The van der Waals surface area contributed by atoms with Gasteiger partial charge in [-0.25, -0.2) is 9.67 Å². The molecule has 0 unspecified atom stereocenters. The van der Waals surface area contributed by atoms with Crippen molar-refractivity contribution < 1.29 is 4.79 Å². The second-order valence-electron chi connectivity index (χ2n) is 5.93. The summed E-state index contributed by atoms with van der Waals surface area (Å²) in [4.78, 5) is 19.1. The van der Waals surface area contributed by atoms with E-state index in [-0.39, 0.29) is 5.91 Å². The Morgan fingerprint density at radius 2 is 2.14 bits per heavy atom. The molecule has 0 atom stereocenters. The molecule has 1 fully saturated rings. The maximum Gasteiger partial charge on any atom is 0.270 e. The summed E-state index contributed by atoms with van der Waals surface area (Å²) in [5.74, 6) is 2.72. The number of hydrogen-bond donors (Lipinski definition) is 0. The second-order valence-corrected chi connectivity index (χ2v) is 5.93. The van der Waals surface area contributed by atoms with E-state index < -0.39 is 0 Å². The first-order chi connectivity index (χ1) is 10.2. The van der Waals surface area contributed by atoms with E-state index in [1.807, 2.05) is 39.5 Å². The number of amides is 1. The summed E-state index contributed by atoms with van der Waals surface area (Å²) in [6, 6.07) is 3.77. The van der Waals surface area contributed by atoms with E-state index in [0.717, 1.165) is 30.3 Å². The average molecular weight is 285 g/mol. The zero-order chi connectivity index (χ0) is 14.4. The number of aryl methyl sites for hydroxylation is 1. The van der Waals surface area contributed by atoms with Crippen molar-refractivity contribution in [1.29, 1.82) is 0 Å². The average Bonchev–Trinajstić information content (AvgIpc) is 3.17. The van der Waals surface area contributed by atoms with Gasteiger partial charge >= 0.3 is 0 Å². The van der Waals surface area contributed by atoms with Gasteiger partial charge in [0.15, 0.2) is 5.82 Å². The molecular formula is C15H19N5O. The van der Waals surface area contributed by atoms with Crippen LogP contribution in [0.3, 0.4) is 0 Å². The van der Waals surface area contributed by atoms with Gasteiger partial charge in [-0.2, -0.15) is 5.10 Å². The minimum absolute atomic E-state index is 0.0932. The van der Waals surface area contributed by atoms with Gasteiger partial charge in [-0.15, -0.1) is 0 Å². The van der Waals surface area contributed by atoms with E-state index in [1.54, 1.807) is 0 Å². The van der Waals surface area contributed by atoms with E-state index in [9.17, 15) is 4.79 Å². The van der Waals surface area contributed by atoms with Crippen molar-refractivity contribution >= 4 is 5.91 Å². The predicted molar refractivity (Wildman–Crippen MR) is 77.0 cm³/mol. The van der Waals surface area contributed by atoms with Crippen molar-refractivity contribution in [2.45, 2.75) is 31.7 Å². The van der Waals surface area contributed by atoms with Crippen LogP contribution >= 0.6 is 0 Å². The third-order valence-electron chi connectivity index (χ3n) is 4.34. The van der Waals surface area contributed by atoms with Crippen LogP contribution in [0.2, 0.25) is 0 Å². The van der Waals surface area contributed by atoms with Gasteiger partial charge in [-0.05, 0) is 25.0 Å². The van der Waals surface area contributed by atoms with Crippen LogP contribution < -0.4 is 0 Å². The zero-order valence-corrected chi connectivity index (χ0v) is 12.2. The third-order valence-corrected chi connectivity index (χ3v) is 4.34. The molecule has 3 heterocycles. The fraction of sp³-hybridized carbons (Fsp3) is 0.533. The molecule has 1 aliphatic heterocycles. The van der Waals surface area contributed by atoms with Crippen LogP contribution in [0.4, 0.5) is 0 Å². The van der Waals surface area contributed by atoms with Crippen molar-refractivity contribution in [1.82, 2.24) is 24.2 Å². The normalized spacial score (nSPS) is 18.4. The molecule has 0 aromatic carbocycles. The first-order valence-electron chi connectivity index (χ1n) is 7.56. The molecule has 0 bridgehead atoms. The maximum absolute atomic E-state index is 12.5. The van der Waals surface area contributed by atoms with Crippen molar-refractivity contribution in [3.8, 4) is 0 Å². The molecule has 4 rings (SSSR count). The van der Waals surface area contributed by atoms with Crippen LogP contribution in [0.5, 0.6) is 0 Å². The molecule has 0 saturated heterocycles. The second kappa shape index (κ2) is 4.72. The predicted octanol–water partition coefficient (Wildman–Crippen LogP) is 1.19. The number of nitrogens with zero attached hydrogens (tertiary/aromatic N) is 5. The van der Waals surface area contributed by atoms with Crippen LogP contribution in [0.15, 0.2) is 18.3 Å². The molecule has 2 aromatic rings. The summed E-state index contributed by atoms with van der Waals surface area (Å²) in [7, 11) is 1.90. The van der Waals surface area contributed by atoms with E-state index in [2.05, 4.69) is 10.1 Å². The van der Waals surface area contributed by atoms with E-state index in [1.165, 1.54) is 12.8 Å². The van der Waals surface area contributed by atoms with Gasteiger partial charge in [0, 0.05) is 38.7 Å². The first kappa shape index (κ1) is 12.6. The molecule has 110 valence electrons. The highest BCUT2D eigenvalue weighted by Crippen LogP contribution is 2.38. The van der Waals surface area contributed by atoms with Gasteiger partial charge in [0.25, 0.3) is 5.91 Å². The topological polar surface area (TPSA) is 56.0 Å². The molecule has 2 aromatic heterocycles. The highest BCUT2D eigenvalue weighted by Gasteiger charge is 2.30. The van der Waals surface area contributed by atoms with E-state index in [4.69, 9.17) is 0 Å². The molecule has 1 saturated carbocycles. The lowest BCUT2D eigenvalue weighted by molar-refractivity contribution is 0.0748. The summed E-state index contributed by atoms with van der Waals surface area (Å²) in [5, 5.41) is 4.61. The minimum atomic E-state index is 0.0932. The van der Waals surface area contributed by atoms with Crippen LogP contribution in [0.1, 0.15) is 40.9 Å². The fourth-order valence-electron chi connectivity index (χ4n) is 2.88. The summed E-state index contributed by atoms with van der Waals surface area (Å²) in [5.41, 5.74) is 0.737. The van der Waals surface area contributed by atoms with E-state index >= 15 is 0 Å². The van der Waals surface area contributed by atoms with E-state index in [0.29, 0.717) is 19.0 Å². The molecule has 0 radical (unpaired) electrons. The van der Waals surface area contributed by atoms with Gasteiger partial charge < -0.3 is 9.47 Å². The Kier molecular flexibility index (Phi) is 2.83. The maximum atomic E-state index is 12.5. The Hall–Kier alpha value is -2.11. The zero-order valence-electron chi connectivity index (χ0n) is 12.2. The molecule has 6 heteroatoms. The minimum Gasteiger partial charge on any atom is -0.347 e. The molecule has 6 nitrogen and oxygen atoms in total. The smallest absolute Gasteiger partial charge is 0.270 e. The number of hydrogen-bond acceptors (Lipinski definition) is 3. The Morgan fingerprint density at radius 1 is 1.29 bits per heavy atom. The van der Waals surface area contributed by atoms with Gasteiger partial charge in [0.05, 0.1) is 6.54 Å². The number of carbonyl (C=O) groups excluding carboxylic acids is 1. The Morgan fingerprint density at radius 3 is 2.86 bits per heavy atom. The van der Waals surface area contributed by atoms with Crippen LogP contribution in [-0.2, 0) is 20.0 Å². The first-order valence-corrected chi connectivity index (χ1v) is 7.56. The van der Waals surface area contributed by atoms with Crippen molar-refractivity contribution in [2.75, 3.05) is 13.1 Å². The molecule has 0 N–H and O–H groups in total. The Bertz CT molecular complexity index is 657. The van der Waals surface area contributed by atoms with Gasteiger partial charge in [0.1, 0.15) is 11.5 Å². The third kappa shape index (κ3) is 2.24. The monoisotopic (exact) mass is 285 g/mol. The lowest BCUT2D eigenvalue weighted by Crippen LogP contribution is -2.34. The molecule has 1 aliphatic carbocycles.